The molecule has 9 heteroatoms. The van der Waals surface area contributed by atoms with Crippen LogP contribution in [-0.4, -0.2) is 52.6 Å². The van der Waals surface area contributed by atoms with E-state index in [1.54, 1.807) is 13.3 Å². The molecule has 5 rings (SSSR count). The number of anilines is 3. The molecular weight excluding hydrogens is 423 g/mol. The molecule has 2 saturated heterocycles. The molecular formula is C24H29FN6O2. The van der Waals surface area contributed by atoms with Crippen LogP contribution >= 0.6 is 0 Å². The van der Waals surface area contributed by atoms with Crippen LogP contribution in [0.4, 0.5) is 21.8 Å². The summed E-state index contributed by atoms with van der Waals surface area (Å²) >= 11 is 0. The maximum atomic E-state index is 14.5. The summed E-state index contributed by atoms with van der Waals surface area (Å²) in [7, 11) is 1.60. The second kappa shape index (κ2) is 9.74. The summed E-state index contributed by atoms with van der Waals surface area (Å²) in [6, 6.07) is 6.12. The van der Waals surface area contributed by atoms with Crippen LogP contribution < -0.4 is 15.4 Å². The van der Waals surface area contributed by atoms with Crippen LogP contribution in [0.5, 0.6) is 5.75 Å². The fourth-order valence-electron chi connectivity index (χ4n) is 5.05. The topological polar surface area (TPSA) is 88.3 Å². The maximum Gasteiger partial charge on any atom is 0.229 e. The van der Waals surface area contributed by atoms with Gasteiger partial charge in [-0.05, 0) is 62.9 Å². The fourth-order valence-corrected chi connectivity index (χ4v) is 5.05. The number of nitrogens with one attached hydrogen (secondary N) is 2. The Labute approximate surface area is 192 Å². The lowest BCUT2D eigenvalue weighted by Gasteiger charge is -2.44. The second-order valence-corrected chi connectivity index (χ2v) is 8.68. The molecule has 0 amide bonds. The maximum absolute atomic E-state index is 14.5. The number of fused-ring (bicyclic) bond motifs is 1. The van der Waals surface area contributed by atoms with E-state index in [4.69, 9.17) is 9.15 Å². The van der Waals surface area contributed by atoms with Crippen molar-refractivity contribution in [2.75, 3.05) is 37.4 Å². The molecule has 2 fully saturated rings. The molecule has 3 aromatic rings. The smallest absolute Gasteiger partial charge is 0.229 e. The minimum atomic E-state index is -0.450. The minimum absolute atomic E-state index is 0.226. The lowest BCUT2D eigenvalue weighted by atomic mass is 9.83. The molecule has 2 aliphatic heterocycles. The van der Waals surface area contributed by atoms with Crippen molar-refractivity contribution in [3.05, 3.63) is 42.8 Å². The van der Waals surface area contributed by atoms with Gasteiger partial charge in [-0.2, -0.15) is 4.98 Å². The van der Waals surface area contributed by atoms with Gasteiger partial charge in [0.2, 0.25) is 5.95 Å². The fraction of sp³-hybridized carbons (Fsp3) is 0.458. The van der Waals surface area contributed by atoms with Crippen LogP contribution in [-0.2, 0) is 0 Å². The van der Waals surface area contributed by atoms with Crippen molar-refractivity contribution in [1.29, 1.82) is 0 Å². The molecule has 0 aliphatic carbocycles. The van der Waals surface area contributed by atoms with E-state index in [0.29, 0.717) is 36.0 Å². The van der Waals surface area contributed by atoms with Gasteiger partial charge in [0.1, 0.15) is 5.75 Å². The summed E-state index contributed by atoms with van der Waals surface area (Å²) < 4.78 is 25.3. The molecule has 174 valence electrons. The van der Waals surface area contributed by atoms with Crippen LogP contribution in [0, 0.1) is 11.7 Å². The Bertz CT molecular complexity index is 1070. The first-order valence-corrected chi connectivity index (χ1v) is 11.6. The van der Waals surface area contributed by atoms with Gasteiger partial charge >= 0.3 is 0 Å². The molecule has 8 nitrogen and oxygen atoms in total. The van der Waals surface area contributed by atoms with Crippen LogP contribution in [0.15, 0.2) is 41.4 Å². The van der Waals surface area contributed by atoms with E-state index < -0.39 is 5.82 Å². The molecule has 1 aromatic carbocycles. The standard InChI is InChI=1S/C24H29FN6O2/c1-32-21-8-7-17(11-18(21)22-14-26-15-33-22)29-24-28-13-19(25)23(30-24)27-12-16-5-4-10-31-9-3-2-6-20(16)31/h7-8,11,13-16,20H,2-6,9-10,12H2,1H3,(H2,27,28,29,30)/t16-,20+/m0/s1. The largest absolute Gasteiger partial charge is 0.496 e. The highest BCUT2D eigenvalue weighted by Gasteiger charge is 2.32. The molecule has 0 radical (unpaired) electrons. The Balaban J connectivity index is 1.29. The number of halogens is 1. The van der Waals surface area contributed by atoms with Crippen molar-refractivity contribution in [3.63, 3.8) is 0 Å². The van der Waals surface area contributed by atoms with Gasteiger partial charge in [0.05, 0.1) is 25.1 Å². The molecule has 0 bridgehead atoms. The molecule has 0 spiro atoms. The predicted molar refractivity (Wildman–Crippen MR) is 124 cm³/mol. The third-order valence-electron chi connectivity index (χ3n) is 6.66. The summed E-state index contributed by atoms with van der Waals surface area (Å²) in [4.78, 5) is 15.1. The van der Waals surface area contributed by atoms with Crippen molar-refractivity contribution < 1.29 is 13.5 Å². The third-order valence-corrected chi connectivity index (χ3v) is 6.66. The Morgan fingerprint density at radius 3 is 2.94 bits per heavy atom. The zero-order valence-corrected chi connectivity index (χ0v) is 18.8. The molecule has 33 heavy (non-hydrogen) atoms. The van der Waals surface area contributed by atoms with Crippen molar-refractivity contribution in [2.24, 2.45) is 5.92 Å². The van der Waals surface area contributed by atoms with E-state index in [9.17, 15) is 4.39 Å². The Kier molecular flexibility index (Phi) is 6.39. The van der Waals surface area contributed by atoms with Crippen LogP contribution in [0.1, 0.15) is 32.1 Å². The number of piperidine rings is 2. The van der Waals surface area contributed by atoms with E-state index >= 15 is 0 Å². The SMILES string of the molecule is COc1ccc(Nc2ncc(F)c(NC[C@@H]3CCCN4CCCC[C@H]34)n2)cc1-c1cnco1. The number of methoxy groups -OCH3 is 1. The van der Waals surface area contributed by atoms with Crippen LogP contribution in [0.2, 0.25) is 0 Å². The summed E-state index contributed by atoms with van der Waals surface area (Å²) in [6.45, 7) is 3.09. The lowest BCUT2D eigenvalue weighted by Crippen LogP contribution is -2.49. The Morgan fingerprint density at radius 1 is 1.18 bits per heavy atom. The average molecular weight is 453 g/mol. The highest BCUT2D eigenvalue weighted by molar-refractivity contribution is 5.72. The summed E-state index contributed by atoms with van der Waals surface area (Å²) in [5.74, 6) is 1.84. The lowest BCUT2D eigenvalue weighted by molar-refractivity contribution is 0.0648. The van der Waals surface area contributed by atoms with Crippen LogP contribution in [0.3, 0.4) is 0 Å². The first kappa shape index (κ1) is 21.6. The number of ether oxygens (including phenoxy) is 1. The van der Waals surface area contributed by atoms with Crippen molar-refractivity contribution in [3.8, 4) is 17.1 Å². The van der Waals surface area contributed by atoms with Crippen molar-refractivity contribution >= 4 is 17.5 Å². The molecule has 2 aromatic heterocycles. The van der Waals surface area contributed by atoms with E-state index in [1.807, 2.05) is 18.2 Å². The van der Waals surface area contributed by atoms with Gasteiger partial charge in [0, 0.05) is 18.3 Å². The first-order chi connectivity index (χ1) is 16.2. The quantitative estimate of drug-likeness (QED) is 0.533. The second-order valence-electron chi connectivity index (χ2n) is 8.68. The highest BCUT2D eigenvalue weighted by atomic mass is 19.1. The number of rotatable bonds is 7. The number of hydrogen-bond acceptors (Lipinski definition) is 8. The molecule has 0 unspecified atom stereocenters. The zero-order chi connectivity index (χ0) is 22.6. The third kappa shape index (κ3) is 4.78. The van der Waals surface area contributed by atoms with Crippen molar-refractivity contribution in [1.82, 2.24) is 19.9 Å². The van der Waals surface area contributed by atoms with Gasteiger partial charge < -0.3 is 24.7 Å². The monoisotopic (exact) mass is 452 g/mol. The van der Waals surface area contributed by atoms with Crippen LogP contribution in [0.25, 0.3) is 11.3 Å². The molecule has 4 heterocycles. The number of nitrogens with zero attached hydrogens (tertiary/aromatic N) is 4. The van der Waals surface area contributed by atoms with E-state index in [2.05, 4.69) is 30.5 Å². The van der Waals surface area contributed by atoms with Gasteiger partial charge in [-0.15, -0.1) is 0 Å². The number of aromatic nitrogens is 3. The summed E-state index contributed by atoms with van der Waals surface area (Å²) in [6.07, 6.45) is 10.4. The van der Waals surface area contributed by atoms with Gasteiger partial charge in [-0.25, -0.2) is 14.4 Å². The summed E-state index contributed by atoms with van der Waals surface area (Å²) in [5, 5.41) is 6.41. The van der Waals surface area contributed by atoms with Gasteiger partial charge in [0.25, 0.3) is 0 Å². The number of hydrogen-bond donors (Lipinski definition) is 2. The predicted octanol–water partition coefficient (Wildman–Crippen LogP) is 4.70. The number of oxazole rings is 1. The van der Waals surface area contributed by atoms with E-state index in [1.165, 1.54) is 57.8 Å². The summed E-state index contributed by atoms with van der Waals surface area (Å²) in [5.41, 5.74) is 1.47. The van der Waals surface area contributed by atoms with Gasteiger partial charge in [0.15, 0.2) is 23.8 Å². The Morgan fingerprint density at radius 2 is 2.09 bits per heavy atom. The normalized spacial score (nSPS) is 20.8. The molecule has 2 atom stereocenters. The van der Waals surface area contributed by atoms with Gasteiger partial charge in [-0.1, -0.05) is 6.42 Å². The van der Waals surface area contributed by atoms with E-state index in [-0.39, 0.29) is 5.82 Å². The molecule has 2 aliphatic rings. The number of benzene rings is 1. The van der Waals surface area contributed by atoms with Gasteiger partial charge in [-0.3, -0.25) is 0 Å². The van der Waals surface area contributed by atoms with Crippen molar-refractivity contribution in [2.45, 2.75) is 38.1 Å². The molecule has 0 saturated carbocycles. The zero-order valence-electron chi connectivity index (χ0n) is 18.8. The Hall–Kier alpha value is -3.20. The average Bonchev–Trinajstić information content (AvgIpc) is 3.39. The minimum Gasteiger partial charge on any atom is -0.496 e. The first-order valence-electron chi connectivity index (χ1n) is 11.6. The van der Waals surface area contributed by atoms with E-state index in [0.717, 1.165) is 11.3 Å². The highest BCUT2D eigenvalue weighted by Crippen LogP contribution is 2.34. The molecule has 2 N–H and O–H groups in total.